The lowest BCUT2D eigenvalue weighted by Gasteiger charge is -2.23. The maximum atomic E-state index is 6.31. The molecule has 0 unspecified atom stereocenters. The number of benzene rings is 2. The van der Waals surface area contributed by atoms with Crippen LogP contribution in [0, 0.1) is 0 Å². The maximum Gasteiger partial charge on any atom is 0.142 e. The monoisotopic (exact) mass is 276 g/mol. The molecule has 0 saturated heterocycles. The van der Waals surface area contributed by atoms with E-state index in [2.05, 4.69) is 0 Å². The van der Waals surface area contributed by atoms with Crippen molar-refractivity contribution < 1.29 is 4.74 Å². The molecule has 0 aliphatic carbocycles. The number of para-hydroxylation sites is 2. The Kier molecular flexibility index (Phi) is 4.30. The van der Waals surface area contributed by atoms with Gasteiger partial charge in [-0.3, -0.25) is 0 Å². The van der Waals surface area contributed by atoms with E-state index < -0.39 is 0 Å². The SMILES string of the molecule is COc1ccccc1N(C)c1ccc(CN)cc1Cl. The number of ether oxygens (including phenoxy) is 1. The molecule has 2 N–H and O–H groups in total. The number of halogens is 1. The second-order valence-electron chi connectivity index (χ2n) is 4.22. The highest BCUT2D eigenvalue weighted by Gasteiger charge is 2.12. The standard InChI is InChI=1S/C15H17ClN2O/c1-18(14-5-3-4-6-15(14)19-2)13-8-7-11(10-17)9-12(13)16/h3-9H,10,17H2,1-2H3. The number of anilines is 2. The highest BCUT2D eigenvalue weighted by Crippen LogP contribution is 2.36. The third kappa shape index (κ3) is 2.83. The Bertz CT molecular complexity index is 572. The van der Waals surface area contributed by atoms with Crippen molar-refractivity contribution in [2.45, 2.75) is 6.54 Å². The minimum Gasteiger partial charge on any atom is -0.495 e. The average Bonchev–Trinajstić information content (AvgIpc) is 2.46. The normalized spacial score (nSPS) is 10.3. The largest absolute Gasteiger partial charge is 0.495 e. The van der Waals surface area contributed by atoms with Gasteiger partial charge in [0.2, 0.25) is 0 Å². The van der Waals surface area contributed by atoms with Crippen LogP contribution in [0.3, 0.4) is 0 Å². The number of nitrogens with two attached hydrogens (primary N) is 1. The van der Waals surface area contributed by atoms with E-state index in [9.17, 15) is 0 Å². The number of methoxy groups -OCH3 is 1. The zero-order valence-electron chi connectivity index (χ0n) is 11.1. The fourth-order valence-electron chi connectivity index (χ4n) is 1.99. The van der Waals surface area contributed by atoms with Crippen molar-refractivity contribution >= 4 is 23.0 Å². The van der Waals surface area contributed by atoms with Crippen LogP contribution < -0.4 is 15.4 Å². The third-order valence-electron chi connectivity index (χ3n) is 3.06. The Morgan fingerprint density at radius 2 is 1.89 bits per heavy atom. The van der Waals surface area contributed by atoms with Crippen molar-refractivity contribution in [2.24, 2.45) is 5.73 Å². The van der Waals surface area contributed by atoms with Crippen LogP contribution in [0.15, 0.2) is 42.5 Å². The minimum atomic E-state index is 0.484. The summed E-state index contributed by atoms with van der Waals surface area (Å²) in [7, 11) is 3.62. The Balaban J connectivity index is 2.41. The fraction of sp³-hybridized carbons (Fsp3) is 0.200. The van der Waals surface area contributed by atoms with Gasteiger partial charge < -0.3 is 15.4 Å². The predicted octanol–water partition coefficient (Wildman–Crippen LogP) is 3.58. The Morgan fingerprint density at radius 3 is 2.53 bits per heavy atom. The molecule has 0 saturated carbocycles. The second-order valence-corrected chi connectivity index (χ2v) is 4.63. The number of rotatable bonds is 4. The summed E-state index contributed by atoms with van der Waals surface area (Å²) in [6.45, 7) is 0.484. The van der Waals surface area contributed by atoms with Crippen LogP contribution in [0.4, 0.5) is 11.4 Å². The number of hydrogen-bond acceptors (Lipinski definition) is 3. The smallest absolute Gasteiger partial charge is 0.142 e. The van der Waals surface area contributed by atoms with E-state index in [1.807, 2.05) is 54.4 Å². The van der Waals surface area contributed by atoms with Gasteiger partial charge in [-0.25, -0.2) is 0 Å². The van der Waals surface area contributed by atoms with Gasteiger partial charge in [-0.2, -0.15) is 0 Å². The van der Waals surface area contributed by atoms with Crippen molar-refractivity contribution in [1.82, 2.24) is 0 Å². The van der Waals surface area contributed by atoms with Gasteiger partial charge in [0, 0.05) is 13.6 Å². The van der Waals surface area contributed by atoms with Gasteiger partial charge in [0.1, 0.15) is 5.75 Å². The molecular formula is C15H17ClN2O. The quantitative estimate of drug-likeness (QED) is 0.928. The van der Waals surface area contributed by atoms with E-state index in [0.717, 1.165) is 22.7 Å². The topological polar surface area (TPSA) is 38.5 Å². The van der Waals surface area contributed by atoms with Crippen molar-refractivity contribution in [3.63, 3.8) is 0 Å². The molecule has 3 nitrogen and oxygen atoms in total. The Morgan fingerprint density at radius 1 is 1.16 bits per heavy atom. The van der Waals surface area contributed by atoms with E-state index in [1.54, 1.807) is 7.11 Å². The first-order chi connectivity index (χ1) is 9.17. The zero-order chi connectivity index (χ0) is 13.8. The molecule has 19 heavy (non-hydrogen) atoms. The summed E-state index contributed by atoms with van der Waals surface area (Å²) in [6.07, 6.45) is 0. The molecule has 0 heterocycles. The minimum absolute atomic E-state index is 0.484. The Labute approximate surface area is 118 Å². The zero-order valence-corrected chi connectivity index (χ0v) is 11.8. The predicted molar refractivity (Wildman–Crippen MR) is 80.4 cm³/mol. The summed E-state index contributed by atoms with van der Waals surface area (Å²) < 4.78 is 5.37. The van der Waals surface area contributed by atoms with Gasteiger partial charge in [0.05, 0.1) is 23.5 Å². The lowest BCUT2D eigenvalue weighted by molar-refractivity contribution is 0.415. The molecule has 0 spiro atoms. The molecule has 0 radical (unpaired) electrons. The lowest BCUT2D eigenvalue weighted by Crippen LogP contribution is -2.11. The third-order valence-corrected chi connectivity index (χ3v) is 3.36. The second kappa shape index (κ2) is 5.95. The van der Waals surface area contributed by atoms with E-state index in [4.69, 9.17) is 22.1 Å². The molecule has 2 aromatic carbocycles. The molecular weight excluding hydrogens is 260 g/mol. The lowest BCUT2D eigenvalue weighted by atomic mass is 10.2. The number of nitrogens with zero attached hydrogens (tertiary/aromatic N) is 1. The van der Waals surface area contributed by atoms with E-state index in [1.165, 1.54) is 0 Å². The van der Waals surface area contributed by atoms with E-state index >= 15 is 0 Å². The summed E-state index contributed by atoms with van der Waals surface area (Å²) >= 11 is 6.31. The maximum absolute atomic E-state index is 6.31. The van der Waals surface area contributed by atoms with Gasteiger partial charge in [0.15, 0.2) is 0 Å². The van der Waals surface area contributed by atoms with E-state index in [0.29, 0.717) is 11.6 Å². The van der Waals surface area contributed by atoms with Gasteiger partial charge in [-0.05, 0) is 29.8 Å². The average molecular weight is 277 g/mol. The molecule has 0 aromatic heterocycles. The van der Waals surface area contributed by atoms with Gasteiger partial charge >= 0.3 is 0 Å². The van der Waals surface area contributed by atoms with Crippen LogP contribution in [0.25, 0.3) is 0 Å². The van der Waals surface area contributed by atoms with Crippen molar-refractivity contribution in [1.29, 1.82) is 0 Å². The number of hydrogen-bond donors (Lipinski definition) is 1. The molecule has 2 rings (SSSR count). The van der Waals surface area contributed by atoms with Gasteiger partial charge in [-0.15, -0.1) is 0 Å². The summed E-state index contributed by atoms with van der Waals surface area (Å²) in [5.74, 6) is 0.809. The molecule has 0 amide bonds. The van der Waals surface area contributed by atoms with Gasteiger partial charge in [0.25, 0.3) is 0 Å². The van der Waals surface area contributed by atoms with Crippen LogP contribution >= 0.6 is 11.6 Å². The first-order valence-electron chi connectivity index (χ1n) is 6.02. The Hall–Kier alpha value is -1.71. The highest BCUT2D eigenvalue weighted by atomic mass is 35.5. The molecule has 0 aliphatic rings. The van der Waals surface area contributed by atoms with Crippen LogP contribution in [0.5, 0.6) is 5.75 Å². The van der Waals surface area contributed by atoms with Crippen molar-refractivity contribution in [2.75, 3.05) is 19.1 Å². The molecule has 0 atom stereocenters. The molecule has 0 aliphatic heterocycles. The molecule has 0 bridgehead atoms. The van der Waals surface area contributed by atoms with Crippen LogP contribution in [-0.2, 0) is 6.54 Å². The van der Waals surface area contributed by atoms with Crippen LogP contribution in [0.2, 0.25) is 5.02 Å². The summed E-state index contributed by atoms with van der Waals surface area (Å²) in [6, 6.07) is 13.7. The summed E-state index contributed by atoms with van der Waals surface area (Å²) in [4.78, 5) is 2.00. The molecule has 100 valence electrons. The van der Waals surface area contributed by atoms with Crippen molar-refractivity contribution in [3.05, 3.63) is 53.1 Å². The van der Waals surface area contributed by atoms with Gasteiger partial charge in [-0.1, -0.05) is 29.8 Å². The fourth-order valence-corrected chi connectivity index (χ4v) is 2.32. The highest BCUT2D eigenvalue weighted by molar-refractivity contribution is 6.33. The molecule has 4 heteroatoms. The van der Waals surface area contributed by atoms with Crippen LogP contribution in [-0.4, -0.2) is 14.2 Å². The first-order valence-corrected chi connectivity index (χ1v) is 6.40. The van der Waals surface area contributed by atoms with Crippen LogP contribution in [0.1, 0.15) is 5.56 Å². The van der Waals surface area contributed by atoms with E-state index in [-0.39, 0.29) is 0 Å². The van der Waals surface area contributed by atoms with Crippen molar-refractivity contribution in [3.8, 4) is 5.75 Å². The molecule has 0 fully saturated rings. The molecule has 2 aromatic rings. The summed E-state index contributed by atoms with van der Waals surface area (Å²) in [5, 5.41) is 0.677. The first kappa shape index (κ1) is 13.7. The summed E-state index contributed by atoms with van der Waals surface area (Å²) in [5.41, 5.74) is 8.51.